The Bertz CT molecular complexity index is 591. The lowest BCUT2D eigenvalue weighted by molar-refractivity contribution is 0.0567. The third-order valence-electron chi connectivity index (χ3n) is 4.00. The number of piperidine rings is 1. The lowest BCUT2D eigenvalue weighted by Crippen LogP contribution is -2.41. The topological polar surface area (TPSA) is 60.0 Å². The molecule has 0 unspecified atom stereocenters. The molecule has 2 aliphatic heterocycles. The third-order valence-corrected chi connectivity index (χ3v) is 4.00. The molecule has 0 aliphatic carbocycles. The monoisotopic (exact) mass is 334 g/mol. The standard InChI is InChI=1S/C18H26N2O4/c1-18(2,3)24-17(21)20-10-11-22-16-12-14(4-5-15(16)20)23-13-6-8-19-9-7-13/h4-5,12-13,19H,6-11H2,1-3H3. The summed E-state index contributed by atoms with van der Waals surface area (Å²) in [6.45, 7) is 8.49. The van der Waals surface area contributed by atoms with Crippen LogP contribution >= 0.6 is 0 Å². The van der Waals surface area contributed by atoms with Crippen LogP contribution in [0.4, 0.5) is 10.5 Å². The highest BCUT2D eigenvalue weighted by Crippen LogP contribution is 2.36. The van der Waals surface area contributed by atoms with E-state index in [0.29, 0.717) is 18.9 Å². The van der Waals surface area contributed by atoms with Crippen molar-refractivity contribution in [3.63, 3.8) is 0 Å². The molecule has 1 amide bonds. The molecule has 3 rings (SSSR count). The second-order valence-corrected chi connectivity index (χ2v) is 7.18. The Morgan fingerprint density at radius 3 is 2.75 bits per heavy atom. The molecule has 1 aromatic carbocycles. The molecule has 0 saturated carbocycles. The summed E-state index contributed by atoms with van der Waals surface area (Å²) in [6, 6.07) is 5.63. The molecule has 6 nitrogen and oxygen atoms in total. The van der Waals surface area contributed by atoms with Gasteiger partial charge in [0, 0.05) is 6.07 Å². The number of carbonyl (C=O) groups excluding carboxylic acids is 1. The Morgan fingerprint density at radius 1 is 1.29 bits per heavy atom. The zero-order valence-electron chi connectivity index (χ0n) is 14.6. The van der Waals surface area contributed by atoms with Crippen LogP contribution in [0.5, 0.6) is 11.5 Å². The quantitative estimate of drug-likeness (QED) is 0.901. The fraction of sp³-hybridized carbons (Fsp3) is 0.611. The van der Waals surface area contributed by atoms with Crippen LogP contribution in [-0.4, -0.2) is 44.0 Å². The highest BCUT2D eigenvalue weighted by molar-refractivity contribution is 5.90. The van der Waals surface area contributed by atoms with Gasteiger partial charge in [0.1, 0.15) is 29.8 Å². The molecular weight excluding hydrogens is 308 g/mol. The molecule has 2 heterocycles. The summed E-state index contributed by atoms with van der Waals surface area (Å²) in [7, 11) is 0. The summed E-state index contributed by atoms with van der Waals surface area (Å²) in [5.41, 5.74) is 0.210. The Hall–Kier alpha value is -1.95. The average molecular weight is 334 g/mol. The molecule has 0 spiro atoms. The normalized spacial score (nSPS) is 18.5. The van der Waals surface area contributed by atoms with E-state index >= 15 is 0 Å². The van der Waals surface area contributed by atoms with Gasteiger partial charge in [0.15, 0.2) is 0 Å². The predicted molar refractivity (Wildman–Crippen MR) is 92.0 cm³/mol. The molecule has 2 aliphatic rings. The molecule has 0 radical (unpaired) electrons. The second-order valence-electron chi connectivity index (χ2n) is 7.18. The average Bonchev–Trinajstić information content (AvgIpc) is 2.53. The Balaban J connectivity index is 1.73. The smallest absolute Gasteiger partial charge is 0.415 e. The van der Waals surface area contributed by atoms with Gasteiger partial charge in [-0.2, -0.15) is 0 Å². The molecule has 1 fully saturated rings. The van der Waals surface area contributed by atoms with Gasteiger partial charge in [0.25, 0.3) is 0 Å². The molecule has 1 N–H and O–H groups in total. The first-order valence-electron chi connectivity index (χ1n) is 8.57. The fourth-order valence-corrected chi connectivity index (χ4v) is 2.89. The minimum Gasteiger partial charge on any atom is -0.490 e. The summed E-state index contributed by atoms with van der Waals surface area (Å²) >= 11 is 0. The van der Waals surface area contributed by atoms with Crippen LogP contribution in [0.1, 0.15) is 33.6 Å². The van der Waals surface area contributed by atoms with E-state index in [0.717, 1.165) is 37.4 Å². The number of fused-ring (bicyclic) bond motifs is 1. The number of hydrogen-bond acceptors (Lipinski definition) is 5. The fourth-order valence-electron chi connectivity index (χ4n) is 2.89. The van der Waals surface area contributed by atoms with E-state index < -0.39 is 5.60 Å². The van der Waals surface area contributed by atoms with Crippen molar-refractivity contribution >= 4 is 11.8 Å². The third kappa shape index (κ3) is 4.12. The number of rotatable bonds is 2. The first kappa shape index (κ1) is 16.9. The molecular formula is C18H26N2O4. The lowest BCUT2D eigenvalue weighted by atomic mass is 10.1. The van der Waals surface area contributed by atoms with E-state index in [1.807, 2.05) is 39.0 Å². The van der Waals surface area contributed by atoms with Gasteiger partial charge in [-0.25, -0.2) is 4.79 Å². The minimum absolute atomic E-state index is 0.231. The Kier molecular flexibility index (Phi) is 4.85. The zero-order chi connectivity index (χ0) is 17.2. The van der Waals surface area contributed by atoms with E-state index in [-0.39, 0.29) is 12.2 Å². The van der Waals surface area contributed by atoms with Crippen LogP contribution in [0.25, 0.3) is 0 Å². The van der Waals surface area contributed by atoms with E-state index in [9.17, 15) is 4.79 Å². The molecule has 132 valence electrons. The first-order valence-corrected chi connectivity index (χ1v) is 8.57. The number of benzene rings is 1. The maximum atomic E-state index is 12.4. The number of nitrogens with zero attached hydrogens (tertiary/aromatic N) is 1. The maximum Gasteiger partial charge on any atom is 0.415 e. The Labute approximate surface area is 143 Å². The second kappa shape index (κ2) is 6.89. The van der Waals surface area contributed by atoms with E-state index in [1.54, 1.807) is 4.90 Å². The maximum absolute atomic E-state index is 12.4. The van der Waals surface area contributed by atoms with Crippen molar-refractivity contribution in [3.05, 3.63) is 18.2 Å². The van der Waals surface area contributed by atoms with E-state index in [1.165, 1.54) is 0 Å². The van der Waals surface area contributed by atoms with Gasteiger partial charge in [0.2, 0.25) is 0 Å². The highest BCUT2D eigenvalue weighted by atomic mass is 16.6. The van der Waals surface area contributed by atoms with Crippen LogP contribution in [0, 0.1) is 0 Å². The summed E-state index contributed by atoms with van der Waals surface area (Å²) in [5, 5.41) is 3.32. The summed E-state index contributed by atoms with van der Waals surface area (Å²) < 4.78 is 17.2. The van der Waals surface area contributed by atoms with Gasteiger partial charge in [-0.15, -0.1) is 0 Å². The Morgan fingerprint density at radius 2 is 2.04 bits per heavy atom. The van der Waals surface area contributed by atoms with Crippen molar-refractivity contribution in [2.45, 2.75) is 45.3 Å². The first-order chi connectivity index (χ1) is 11.4. The molecule has 1 aromatic rings. The van der Waals surface area contributed by atoms with Gasteiger partial charge in [-0.05, 0) is 58.8 Å². The summed E-state index contributed by atoms with van der Waals surface area (Å²) in [6.07, 6.45) is 1.89. The van der Waals surface area contributed by atoms with Gasteiger partial charge in [0.05, 0.1) is 12.2 Å². The molecule has 0 atom stereocenters. The lowest BCUT2D eigenvalue weighted by Gasteiger charge is -2.32. The van der Waals surface area contributed by atoms with Crippen LogP contribution in [0.2, 0.25) is 0 Å². The minimum atomic E-state index is -0.520. The number of hydrogen-bond donors (Lipinski definition) is 1. The summed E-state index contributed by atoms with van der Waals surface area (Å²) in [4.78, 5) is 14.0. The number of carbonyl (C=O) groups is 1. The SMILES string of the molecule is CC(C)(C)OC(=O)N1CCOc2cc(OC3CCNCC3)ccc21. The number of amides is 1. The van der Waals surface area contributed by atoms with Crippen LogP contribution in [-0.2, 0) is 4.74 Å². The molecule has 6 heteroatoms. The highest BCUT2D eigenvalue weighted by Gasteiger charge is 2.28. The largest absolute Gasteiger partial charge is 0.490 e. The zero-order valence-corrected chi connectivity index (χ0v) is 14.6. The van der Waals surface area contributed by atoms with E-state index in [2.05, 4.69) is 5.32 Å². The van der Waals surface area contributed by atoms with Gasteiger partial charge in [-0.3, -0.25) is 4.90 Å². The van der Waals surface area contributed by atoms with Crippen molar-refractivity contribution in [2.75, 3.05) is 31.1 Å². The van der Waals surface area contributed by atoms with Gasteiger partial charge >= 0.3 is 6.09 Å². The molecule has 24 heavy (non-hydrogen) atoms. The number of anilines is 1. The predicted octanol–water partition coefficient (Wildman–Crippen LogP) is 2.95. The van der Waals surface area contributed by atoms with Crippen molar-refractivity contribution < 1.29 is 19.0 Å². The van der Waals surface area contributed by atoms with E-state index in [4.69, 9.17) is 14.2 Å². The molecule has 1 saturated heterocycles. The molecule has 0 aromatic heterocycles. The van der Waals surface area contributed by atoms with Gasteiger partial charge in [-0.1, -0.05) is 0 Å². The van der Waals surface area contributed by atoms with Crippen LogP contribution in [0.3, 0.4) is 0 Å². The van der Waals surface area contributed by atoms with Crippen molar-refractivity contribution in [1.82, 2.24) is 5.32 Å². The van der Waals surface area contributed by atoms with Crippen molar-refractivity contribution in [3.8, 4) is 11.5 Å². The number of ether oxygens (including phenoxy) is 3. The van der Waals surface area contributed by atoms with Crippen molar-refractivity contribution in [1.29, 1.82) is 0 Å². The van der Waals surface area contributed by atoms with Gasteiger partial charge < -0.3 is 19.5 Å². The van der Waals surface area contributed by atoms with Crippen LogP contribution < -0.4 is 19.7 Å². The number of nitrogens with one attached hydrogen (secondary N) is 1. The molecule has 0 bridgehead atoms. The van der Waals surface area contributed by atoms with Crippen molar-refractivity contribution in [2.24, 2.45) is 0 Å². The van der Waals surface area contributed by atoms with Crippen LogP contribution in [0.15, 0.2) is 18.2 Å². The summed E-state index contributed by atoms with van der Waals surface area (Å²) in [5.74, 6) is 1.45.